The van der Waals surface area contributed by atoms with Crippen molar-refractivity contribution in [2.45, 2.75) is 25.3 Å². The summed E-state index contributed by atoms with van der Waals surface area (Å²) in [4.78, 5) is 26.8. The first-order chi connectivity index (χ1) is 9.99. The molecule has 1 fully saturated rings. The van der Waals surface area contributed by atoms with E-state index in [1.807, 2.05) is 43.3 Å². The molecule has 1 aliphatic rings. The molecule has 1 heterocycles. The van der Waals surface area contributed by atoms with E-state index in [4.69, 9.17) is 5.11 Å². The molecule has 2 rings (SSSR count). The van der Waals surface area contributed by atoms with Crippen LogP contribution in [-0.2, 0) is 4.79 Å². The number of amides is 2. The minimum absolute atomic E-state index is 0.00273. The molecule has 2 N–H and O–H groups in total. The molecule has 6 nitrogen and oxygen atoms in total. The van der Waals surface area contributed by atoms with Crippen LogP contribution in [0.2, 0.25) is 0 Å². The summed E-state index contributed by atoms with van der Waals surface area (Å²) in [6, 6.07) is 7.10. The number of hydrogen-bond acceptors (Lipinski definition) is 3. The fraction of sp³-hybridized carbons (Fsp3) is 0.467. The van der Waals surface area contributed by atoms with Crippen LogP contribution < -0.4 is 10.2 Å². The fourth-order valence-corrected chi connectivity index (χ4v) is 2.67. The maximum atomic E-state index is 12.4. The second-order valence-electron chi connectivity index (χ2n) is 5.43. The molecule has 0 saturated carbocycles. The van der Waals surface area contributed by atoms with Gasteiger partial charge in [-0.25, -0.2) is 4.79 Å². The van der Waals surface area contributed by atoms with Gasteiger partial charge < -0.3 is 20.2 Å². The highest BCUT2D eigenvalue weighted by Crippen LogP contribution is 2.26. The number of carboxylic acids is 1. The number of carbonyl (C=O) groups is 2. The predicted octanol–water partition coefficient (Wildman–Crippen LogP) is 2.22. The fourth-order valence-electron chi connectivity index (χ4n) is 2.67. The second-order valence-corrected chi connectivity index (χ2v) is 5.43. The van der Waals surface area contributed by atoms with E-state index < -0.39 is 5.97 Å². The first-order valence-electron chi connectivity index (χ1n) is 7.05. The molecule has 1 aromatic carbocycles. The lowest BCUT2D eigenvalue weighted by Crippen LogP contribution is -2.39. The number of hydrogen-bond donors (Lipinski definition) is 2. The number of anilines is 2. The summed E-state index contributed by atoms with van der Waals surface area (Å²) in [6.45, 7) is 0.605. The molecule has 1 saturated heterocycles. The van der Waals surface area contributed by atoms with Gasteiger partial charge in [-0.05, 0) is 25.0 Å². The normalized spacial score (nSPS) is 17.6. The maximum absolute atomic E-state index is 12.4. The monoisotopic (exact) mass is 291 g/mol. The smallest absolute Gasteiger partial charge is 0.322 e. The molecular weight excluding hydrogens is 270 g/mol. The number of nitrogens with zero attached hydrogens (tertiary/aromatic N) is 2. The molecule has 6 heteroatoms. The highest BCUT2D eigenvalue weighted by molar-refractivity contribution is 5.93. The third kappa shape index (κ3) is 3.65. The molecule has 21 heavy (non-hydrogen) atoms. The summed E-state index contributed by atoms with van der Waals surface area (Å²) < 4.78 is 0. The minimum Gasteiger partial charge on any atom is -0.481 e. The van der Waals surface area contributed by atoms with Crippen LogP contribution in [0, 0.1) is 0 Å². The first-order valence-corrected chi connectivity index (χ1v) is 7.05. The SMILES string of the molecule is CN(C)c1ccccc1NC(=O)N1CCCC1CC(=O)O. The molecule has 0 aliphatic carbocycles. The first kappa shape index (κ1) is 15.2. The summed E-state index contributed by atoms with van der Waals surface area (Å²) in [6.07, 6.45) is 1.60. The van der Waals surface area contributed by atoms with Crippen molar-refractivity contribution >= 4 is 23.4 Å². The molecule has 0 radical (unpaired) electrons. The molecule has 2 amide bonds. The van der Waals surface area contributed by atoms with Crippen molar-refractivity contribution in [3.63, 3.8) is 0 Å². The lowest BCUT2D eigenvalue weighted by atomic mass is 10.1. The number of rotatable bonds is 4. The van der Waals surface area contributed by atoms with E-state index >= 15 is 0 Å². The summed E-state index contributed by atoms with van der Waals surface area (Å²) in [5.74, 6) is -0.867. The van der Waals surface area contributed by atoms with Gasteiger partial charge in [-0.1, -0.05) is 12.1 Å². The molecule has 0 bridgehead atoms. The Hall–Kier alpha value is -2.24. The highest BCUT2D eigenvalue weighted by atomic mass is 16.4. The molecule has 1 unspecified atom stereocenters. The number of carbonyl (C=O) groups excluding carboxylic acids is 1. The predicted molar refractivity (Wildman–Crippen MR) is 81.8 cm³/mol. The maximum Gasteiger partial charge on any atom is 0.322 e. The van der Waals surface area contributed by atoms with E-state index in [0.29, 0.717) is 6.54 Å². The Labute approximate surface area is 124 Å². The van der Waals surface area contributed by atoms with Crippen LogP contribution in [0.4, 0.5) is 16.2 Å². The lowest BCUT2D eigenvalue weighted by Gasteiger charge is -2.25. The number of carboxylic acid groups (broad SMARTS) is 1. The van der Waals surface area contributed by atoms with Crippen LogP contribution in [0.15, 0.2) is 24.3 Å². The van der Waals surface area contributed by atoms with E-state index in [2.05, 4.69) is 5.32 Å². The van der Waals surface area contributed by atoms with Gasteiger partial charge in [0.05, 0.1) is 17.8 Å². The molecule has 1 aromatic rings. The van der Waals surface area contributed by atoms with E-state index in [1.54, 1.807) is 4.90 Å². The zero-order chi connectivity index (χ0) is 15.4. The van der Waals surface area contributed by atoms with E-state index in [1.165, 1.54) is 0 Å². The summed E-state index contributed by atoms with van der Waals surface area (Å²) in [7, 11) is 3.82. The largest absolute Gasteiger partial charge is 0.481 e. The highest BCUT2D eigenvalue weighted by Gasteiger charge is 2.30. The Kier molecular flexibility index (Phi) is 4.67. The van der Waals surface area contributed by atoms with Crippen molar-refractivity contribution < 1.29 is 14.7 Å². The third-order valence-electron chi connectivity index (χ3n) is 3.68. The Bertz CT molecular complexity index is 531. The number of para-hydroxylation sites is 2. The molecule has 1 atom stereocenters. The van der Waals surface area contributed by atoms with Crippen molar-refractivity contribution in [1.29, 1.82) is 0 Å². The van der Waals surface area contributed by atoms with Crippen LogP contribution in [0.5, 0.6) is 0 Å². The molecule has 0 spiro atoms. The van der Waals surface area contributed by atoms with E-state index in [9.17, 15) is 9.59 Å². The molecular formula is C15H21N3O3. The van der Waals surface area contributed by atoms with Crippen molar-refractivity contribution in [3.8, 4) is 0 Å². The van der Waals surface area contributed by atoms with Gasteiger partial charge in [0.25, 0.3) is 0 Å². The average Bonchev–Trinajstić information content (AvgIpc) is 2.86. The molecule has 0 aromatic heterocycles. The topological polar surface area (TPSA) is 72.9 Å². The Morgan fingerprint density at radius 3 is 2.76 bits per heavy atom. The van der Waals surface area contributed by atoms with Gasteiger partial charge in [-0.3, -0.25) is 4.79 Å². The minimum atomic E-state index is -0.867. The summed E-state index contributed by atoms with van der Waals surface area (Å²) >= 11 is 0. The van der Waals surface area contributed by atoms with Crippen LogP contribution in [0.1, 0.15) is 19.3 Å². The second kappa shape index (κ2) is 6.47. The number of aliphatic carboxylic acids is 1. The van der Waals surface area contributed by atoms with Crippen molar-refractivity contribution in [2.24, 2.45) is 0 Å². The standard InChI is InChI=1S/C15H21N3O3/c1-17(2)13-8-4-3-7-12(13)16-15(21)18-9-5-6-11(18)10-14(19)20/h3-4,7-8,11H,5-6,9-10H2,1-2H3,(H,16,21)(H,19,20). The van der Waals surface area contributed by atoms with Gasteiger partial charge in [-0.15, -0.1) is 0 Å². The Morgan fingerprint density at radius 2 is 2.10 bits per heavy atom. The van der Waals surface area contributed by atoms with Crippen LogP contribution >= 0.6 is 0 Å². The van der Waals surface area contributed by atoms with Crippen LogP contribution in [0.25, 0.3) is 0 Å². The van der Waals surface area contributed by atoms with Gasteiger partial charge in [-0.2, -0.15) is 0 Å². The number of likely N-dealkylation sites (tertiary alicyclic amines) is 1. The molecule has 114 valence electrons. The number of benzene rings is 1. The number of urea groups is 1. The van der Waals surface area contributed by atoms with Gasteiger partial charge >= 0.3 is 12.0 Å². The Balaban J connectivity index is 2.09. The van der Waals surface area contributed by atoms with Gasteiger partial charge in [0.2, 0.25) is 0 Å². The zero-order valence-corrected chi connectivity index (χ0v) is 12.4. The summed E-state index contributed by atoms with van der Waals surface area (Å²) in [5.41, 5.74) is 1.65. The van der Waals surface area contributed by atoms with Gasteiger partial charge in [0.15, 0.2) is 0 Å². The van der Waals surface area contributed by atoms with Crippen molar-refractivity contribution in [1.82, 2.24) is 4.90 Å². The van der Waals surface area contributed by atoms with Gasteiger partial charge in [0.1, 0.15) is 0 Å². The zero-order valence-electron chi connectivity index (χ0n) is 12.4. The Morgan fingerprint density at radius 1 is 1.38 bits per heavy atom. The van der Waals surface area contributed by atoms with Crippen LogP contribution in [-0.4, -0.2) is 48.7 Å². The molecule has 1 aliphatic heterocycles. The third-order valence-corrected chi connectivity index (χ3v) is 3.68. The van der Waals surface area contributed by atoms with Crippen LogP contribution in [0.3, 0.4) is 0 Å². The van der Waals surface area contributed by atoms with Gasteiger partial charge in [0, 0.05) is 26.7 Å². The average molecular weight is 291 g/mol. The van der Waals surface area contributed by atoms with Crippen molar-refractivity contribution in [3.05, 3.63) is 24.3 Å². The lowest BCUT2D eigenvalue weighted by molar-refractivity contribution is -0.137. The van der Waals surface area contributed by atoms with Crippen molar-refractivity contribution in [2.75, 3.05) is 30.9 Å². The quantitative estimate of drug-likeness (QED) is 0.892. The van der Waals surface area contributed by atoms with E-state index in [0.717, 1.165) is 24.2 Å². The summed E-state index contributed by atoms with van der Waals surface area (Å²) in [5, 5.41) is 11.8. The van der Waals surface area contributed by atoms with E-state index in [-0.39, 0.29) is 18.5 Å². The number of nitrogens with one attached hydrogen (secondary N) is 1.